The summed E-state index contributed by atoms with van der Waals surface area (Å²) in [6, 6.07) is 18.8. The number of piperidine rings is 1. The summed E-state index contributed by atoms with van der Waals surface area (Å²) in [5.41, 5.74) is 2.29. The van der Waals surface area contributed by atoms with Crippen LogP contribution in [0.25, 0.3) is 0 Å². The van der Waals surface area contributed by atoms with E-state index in [2.05, 4.69) is 51.2 Å². The first-order valence-corrected chi connectivity index (χ1v) is 21.4. The molecule has 0 N–H and O–H groups in total. The fraction of sp³-hybridized carbons (Fsp3) is 0.455. The zero-order valence-electron chi connectivity index (χ0n) is 16.7. The second kappa shape index (κ2) is 8.66. The first-order chi connectivity index (χ1) is 12.7. The molecule has 1 fully saturated rings. The van der Waals surface area contributed by atoms with E-state index in [9.17, 15) is 8.42 Å². The van der Waals surface area contributed by atoms with Gasteiger partial charge in [0, 0.05) is 0 Å². The molecule has 0 spiro atoms. The molecule has 0 aromatic heterocycles. The molecule has 0 saturated carbocycles. The van der Waals surface area contributed by atoms with Crippen LogP contribution in [0.4, 0.5) is 0 Å². The van der Waals surface area contributed by atoms with Crippen molar-refractivity contribution in [3.05, 3.63) is 65.7 Å². The Hall–Kier alpha value is -0.851. The Kier molecular flexibility index (Phi) is 6.70. The van der Waals surface area contributed by atoms with Gasteiger partial charge in [-0.2, -0.15) is 0 Å². The molecule has 1 saturated heterocycles. The predicted molar refractivity (Wildman–Crippen MR) is 116 cm³/mol. The average Bonchev–Trinajstić information content (AvgIpc) is 2.62. The van der Waals surface area contributed by atoms with Crippen LogP contribution in [0.1, 0.15) is 24.0 Å². The first kappa shape index (κ1) is 20.9. The number of hydrogen-bond acceptors (Lipinski definition) is 2. The van der Waals surface area contributed by atoms with E-state index in [4.69, 9.17) is 0 Å². The molecule has 0 unspecified atom stereocenters. The minimum absolute atomic E-state index is 0.131. The first-order valence-electron chi connectivity index (χ1n) is 9.85. The Morgan fingerprint density at radius 3 is 2.19 bits per heavy atom. The van der Waals surface area contributed by atoms with Crippen LogP contribution in [0.5, 0.6) is 0 Å². The quantitative estimate of drug-likeness (QED) is 0.572. The van der Waals surface area contributed by atoms with Crippen molar-refractivity contribution in [3.8, 4) is 0 Å². The molecule has 2 aromatic carbocycles. The fourth-order valence-corrected chi connectivity index (χ4v) is 8.79. The van der Waals surface area contributed by atoms with Gasteiger partial charge in [-0.05, 0) is 0 Å². The van der Waals surface area contributed by atoms with Gasteiger partial charge in [0.05, 0.1) is 0 Å². The van der Waals surface area contributed by atoms with Gasteiger partial charge in [0.25, 0.3) is 0 Å². The Balaban J connectivity index is 1.60. The second-order valence-corrected chi connectivity index (χ2v) is 25.2. The maximum atomic E-state index is 12.9. The number of rotatable bonds is 6. The van der Waals surface area contributed by atoms with Crippen molar-refractivity contribution in [1.82, 2.24) is 4.31 Å². The van der Waals surface area contributed by atoms with Crippen LogP contribution in [0.15, 0.2) is 54.6 Å². The topological polar surface area (TPSA) is 37.4 Å². The van der Waals surface area contributed by atoms with Crippen molar-refractivity contribution in [2.45, 2.75) is 39.8 Å². The SMILES string of the molecule is [CH3][Sn]([CH3])([CH3])[c]1cccc(CS(=O)(=O)N2CCC(Cc3ccccc3)CC2)c1. The van der Waals surface area contributed by atoms with E-state index in [1.165, 1.54) is 9.14 Å². The van der Waals surface area contributed by atoms with Crippen LogP contribution in [0.2, 0.25) is 14.8 Å². The van der Waals surface area contributed by atoms with Crippen molar-refractivity contribution < 1.29 is 8.42 Å². The number of nitrogens with zero attached hydrogens (tertiary/aromatic N) is 1. The molecule has 3 nitrogen and oxygen atoms in total. The average molecular weight is 492 g/mol. The molecule has 1 aliphatic rings. The van der Waals surface area contributed by atoms with Gasteiger partial charge in [-0.3, -0.25) is 0 Å². The van der Waals surface area contributed by atoms with Crippen molar-refractivity contribution >= 4 is 32.0 Å². The van der Waals surface area contributed by atoms with Gasteiger partial charge in [0.1, 0.15) is 0 Å². The van der Waals surface area contributed by atoms with E-state index >= 15 is 0 Å². The van der Waals surface area contributed by atoms with Crippen LogP contribution >= 0.6 is 0 Å². The molecule has 3 rings (SSSR count). The van der Waals surface area contributed by atoms with Gasteiger partial charge in [-0.1, -0.05) is 18.2 Å². The Morgan fingerprint density at radius 1 is 0.926 bits per heavy atom. The van der Waals surface area contributed by atoms with Gasteiger partial charge in [0.2, 0.25) is 0 Å². The third-order valence-corrected chi connectivity index (χ3v) is 13.2. The van der Waals surface area contributed by atoms with Crippen molar-refractivity contribution in [2.24, 2.45) is 5.92 Å². The number of benzene rings is 2. The van der Waals surface area contributed by atoms with E-state index in [0.717, 1.165) is 24.8 Å². The van der Waals surface area contributed by atoms with Gasteiger partial charge in [0.15, 0.2) is 0 Å². The van der Waals surface area contributed by atoms with Crippen LogP contribution in [-0.2, 0) is 22.2 Å². The van der Waals surface area contributed by atoms with Gasteiger partial charge >= 0.3 is 151 Å². The molecule has 146 valence electrons. The Bertz CT molecular complexity index is 851. The van der Waals surface area contributed by atoms with Crippen LogP contribution in [0, 0.1) is 5.92 Å². The number of sulfonamides is 1. The molecule has 1 heterocycles. The standard InChI is InChI=1S/C19H22NO2S.3CH3.Sn/c21-23(22,16-19-9-5-2-6-10-19)20-13-11-18(12-14-20)15-17-7-3-1-4-8-17;;;;/h1-5,7-10,18H,11-16H2;3*1H3;. The zero-order valence-corrected chi connectivity index (χ0v) is 20.4. The van der Waals surface area contributed by atoms with E-state index in [1.54, 1.807) is 4.31 Å². The molecule has 0 amide bonds. The molecule has 1 aliphatic heterocycles. The molecule has 0 atom stereocenters. The van der Waals surface area contributed by atoms with E-state index in [0.29, 0.717) is 19.0 Å². The summed E-state index contributed by atoms with van der Waals surface area (Å²) in [7, 11) is -3.24. The Labute approximate surface area is 168 Å². The fourth-order valence-electron chi connectivity index (χ4n) is 3.77. The van der Waals surface area contributed by atoms with Crippen LogP contribution in [-0.4, -0.2) is 44.2 Å². The second-order valence-electron chi connectivity index (χ2n) is 8.74. The molecule has 0 bridgehead atoms. The van der Waals surface area contributed by atoms with Crippen LogP contribution in [0.3, 0.4) is 0 Å². The maximum absolute atomic E-state index is 12.9. The summed E-state index contributed by atoms with van der Waals surface area (Å²) in [6.45, 7) is 1.30. The minimum atomic E-state index is -3.24. The third kappa shape index (κ3) is 5.81. The van der Waals surface area contributed by atoms with E-state index in [-0.39, 0.29) is 5.75 Å². The third-order valence-electron chi connectivity index (χ3n) is 5.48. The molecule has 5 heteroatoms. The van der Waals surface area contributed by atoms with Crippen molar-refractivity contribution in [2.75, 3.05) is 13.1 Å². The molecule has 0 aliphatic carbocycles. The van der Waals surface area contributed by atoms with E-state index < -0.39 is 28.4 Å². The van der Waals surface area contributed by atoms with Gasteiger partial charge in [-0.25, -0.2) is 0 Å². The summed E-state index contributed by atoms with van der Waals surface area (Å²) >= 11 is -2.18. The predicted octanol–water partition coefficient (Wildman–Crippen LogP) is 4.02. The summed E-state index contributed by atoms with van der Waals surface area (Å²) in [5, 5.41) is 0. The summed E-state index contributed by atoms with van der Waals surface area (Å²) in [6.07, 6.45) is 2.95. The number of hydrogen-bond donors (Lipinski definition) is 0. The van der Waals surface area contributed by atoms with E-state index in [1.807, 2.05) is 18.2 Å². The van der Waals surface area contributed by atoms with Gasteiger partial charge in [-0.15, -0.1) is 0 Å². The normalized spacial score (nSPS) is 17.1. The molecular formula is C22H31NO2SSn. The Morgan fingerprint density at radius 2 is 1.56 bits per heavy atom. The van der Waals surface area contributed by atoms with Crippen molar-refractivity contribution in [3.63, 3.8) is 0 Å². The molecule has 0 radical (unpaired) electrons. The molecule has 27 heavy (non-hydrogen) atoms. The molecule has 2 aromatic rings. The van der Waals surface area contributed by atoms with Gasteiger partial charge < -0.3 is 0 Å². The molecular weight excluding hydrogens is 461 g/mol. The summed E-state index contributed by atoms with van der Waals surface area (Å²) in [5.74, 6) is 0.712. The zero-order chi connectivity index (χ0) is 19.5. The van der Waals surface area contributed by atoms with Crippen molar-refractivity contribution in [1.29, 1.82) is 0 Å². The summed E-state index contributed by atoms with van der Waals surface area (Å²) < 4.78 is 28.9. The summed E-state index contributed by atoms with van der Waals surface area (Å²) in [4.78, 5) is 7.08. The van der Waals surface area contributed by atoms with Crippen LogP contribution < -0.4 is 3.58 Å². The monoisotopic (exact) mass is 493 g/mol.